The summed E-state index contributed by atoms with van der Waals surface area (Å²) in [7, 11) is 1.58. The molecule has 30 heavy (non-hydrogen) atoms. The summed E-state index contributed by atoms with van der Waals surface area (Å²) < 4.78 is 79.8. The number of halogens is 6. The van der Waals surface area contributed by atoms with Gasteiger partial charge in [-0.25, -0.2) is 4.98 Å². The standard InChI is InChI=1S/C17H13F6N5O2/c1-27-14-12(7-25-27)15(30)28(8-24-14)3-2-13(29)26-11-5-9(16(18,19)20)4-10(6-11)17(21,22)23/h4-8H,2-3H2,1H3,(H,26,29). The Morgan fingerprint density at radius 2 is 1.67 bits per heavy atom. The summed E-state index contributed by atoms with van der Waals surface area (Å²) in [5.41, 5.74) is -3.91. The number of carbonyl (C=O) groups excluding carboxylic acids is 1. The van der Waals surface area contributed by atoms with Gasteiger partial charge in [0.2, 0.25) is 5.91 Å². The van der Waals surface area contributed by atoms with E-state index in [-0.39, 0.29) is 24.4 Å². The Balaban J connectivity index is 1.78. The van der Waals surface area contributed by atoms with E-state index >= 15 is 0 Å². The van der Waals surface area contributed by atoms with Crippen molar-refractivity contribution >= 4 is 22.6 Å². The lowest BCUT2D eigenvalue weighted by Crippen LogP contribution is -2.23. The Kier molecular flexibility index (Phi) is 5.31. The lowest BCUT2D eigenvalue weighted by atomic mass is 10.1. The van der Waals surface area contributed by atoms with Crippen LogP contribution in [0.15, 0.2) is 35.5 Å². The Hall–Kier alpha value is -3.38. The van der Waals surface area contributed by atoms with Crippen LogP contribution in [0.2, 0.25) is 0 Å². The molecule has 0 unspecified atom stereocenters. The van der Waals surface area contributed by atoms with Crippen LogP contribution < -0.4 is 10.9 Å². The fourth-order valence-corrected chi connectivity index (χ4v) is 2.70. The molecule has 1 aromatic carbocycles. The number of alkyl halides is 6. The monoisotopic (exact) mass is 433 g/mol. The van der Waals surface area contributed by atoms with Gasteiger partial charge in [0, 0.05) is 25.7 Å². The van der Waals surface area contributed by atoms with E-state index in [9.17, 15) is 35.9 Å². The first-order valence-electron chi connectivity index (χ1n) is 8.33. The van der Waals surface area contributed by atoms with Crippen molar-refractivity contribution in [2.75, 3.05) is 5.32 Å². The highest BCUT2D eigenvalue weighted by atomic mass is 19.4. The summed E-state index contributed by atoms with van der Waals surface area (Å²) in [6, 6.07) is 0.773. The first-order valence-corrected chi connectivity index (χ1v) is 8.33. The van der Waals surface area contributed by atoms with Crippen LogP contribution in [0.25, 0.3) is 11.0 Å². The summed E-state index contributed by atoms with van der Waals surface area (Å²) in [6.45, 7) is -0.187. The van der Waals surface area contributed by atoms with Crippen LogP contribution in [0.4, 0.5) is 32.0 Å². The van der Waals surface area contributed by atoms with Crippen molar-refractivity contribution in [2.45, 2.75) is 25.3 Å². The number of hydrogen-bond donors (Lipinski definition) is 1. The average Bonchev–Trinajstić information content (AvgIpc) is 3.01. The molecule has 3 aromatic rings. The Morgan fingerprint density at radius 3 is 2.23 bits per heavy atom. The van der Waals surface area contributed by atoms with E-state index in [1.807, 2.05) is 5.32 Å². The molecule has 7 nitrogen and oxygen atoms in total. The second-order valence-electron chi connectivity index (χ2n) is 6.34. The Bertz CT molecular complexity index is 1130. The maximum atomic E-state index is 12.9. The van der Waals surface area contributed by atoms with Gasteiger partial charge in [-0.05, 0) is 18.2 Å². The van der Waals surface area contributed by atoms with Crippen LogP contribution in [0, 0.1) is 0 Å². The molecule has 2 aromatic heterocycles. The van der Waals surface area contributed by atoms with Gasteiger partial charge in [0.15, 0.2) is 5.65 Å². The van der Waals surface area contributed by atoms with Crippen molar-refractivity contribution in [1.29, 1.82) is 0 Å². The number of hydrogen-bond acceptors (Lipinski definition) is 4. The maximum Gasteiger partial charge on any atom is 0.416 e. The lowest BCUT2D eigenvalue weighted by molar-refractivity contribution is -0.143. The molecule has 13 heteroatoms. The summed E-state index contributed by atoms with van der Waals surface area (Å²) in [5.74, 6) is -0.874. The van der Waals surface area contributed by atoms with Crippen LogP contribution in [0.1, 0.15) is 17.5 Å². The number of nitrogens with one attached hydrogen (secondary N) is 1. The summed E-state index contributed by atoms with van der Waals surface area (Å²) in [5, 5.41) is 6.09. The Labute approximate surface area is 163 Å². The van der Waals surface area contributed by atoms with Crippen LogP contribution in [0.5, 0.6) is 0 Å². The van der Waals surface area contributed by atoms with Crippen LogP contribution in [0.3, 0.4) is 0 Å². The van der Waals surface area contributed by atoms with E-state index in [1.54, 1.807) is 7.05 Å². The molecule has 0 saturated carbocycles. The molecular weight excluding hydrogens is 420 g/mol. The second kappa shape index (κ2) is 7.46. The van der Waals surface area contributed by atoms with Crippen molar-refractivity contribution in [3.63, 3.8) is 0 Å². The molecule has 0 spiro atoms. The van der Waals surface area contributed by atoms with Crippen LogP contribution >= 0.6 is 0 Å². The number of nitrogens with zero attached hydrogens (tertiary/aromatic N) is 4. The third-order valence-electron chi connectivity index (χ3n) is 4.17. The van der Waals surface area contributed by atoms with E-state index in [2.05, 4.69) is 10.1 Å². The van der Waals surface area contributed by atoms with Crippen molar-refractivity contribution in [3.05, 3.63) is 52.2 Å². The summed E-state index contributed by atoms with van der Waals surface area (Å²) in [6.07, 6.45) is -7.98. The molecule has 0 aliphatic carbocycles. The van der Waals surface area contributed by atoms with Gasteiger partial charge in [-0.1, -0.05) is 0 Å². The predicted molar refractivity (Wildman–Crippen MR) is 92.5 cm³/mol. The predicted octanol–water partition coefficient (Wildman–Crippen LogP) is 3.20. The molecule has 160 valence electrons. The van der Waals surface area contributed by atoms with E-state index in [0.717, 1.165) is 4.57 Å². The zero-order valence-corrected chi connectivity index (χ0v) is 15.2. The largest absolute Gasteiger partial charge is 0.416 e. The average molecular weight is 433 g/mol. The van der Waals surface area contributed by atoms with Gasteiger partial charge < -0.3 is 5.32 Å². The third-order valence-corrected chi connectivity index (χ3v) is 4.17. The number of aromatic nitrogens is 4. The topological polar surface area (TPSA) is 81.8 Å². The normalized spacial score (nSPS) is 12.4. The van der Waals surface area contributed by atoms with Gasteiger partial charge in [-0.2, -0.15) is 31.4 Å². The Morgan fingerprint density at radius 1 is 1.07 bits per heavy atom. The van der Waals surface area contributed by atoms with E-state index in [0.29, 0.717) is 17.8 Å². The molecule has 0 aliphatic rings. The fraction of sp³-hybridized carbons (Fsp3) is 0.294. The minimum absolute atomic E-state index is 0.0377. The number of carbonyl (C=O) groups is 1. The number of fused-ring (bicyclic) bond motifs is 1. The van der Waals surface area contributed by atoms with Crippen molar-refractivity contribution in [1.82, 2.24) is 19.3 Å². The first-order chi connectivity index (χ1) is 13.9. The van der Waals surface area contributed by atoms with Gasteiger partial charge in [0.1, 0.15) is 5.39 Å². The molecule has 0 fully saturated rings. The van der Waals surface area contributed by atoms with Gasteiger partial charge in [-0.3, -0.25) is 18.8 Å². The molecule has 0 radical (unpaired) electrons. The summed E-state index contributed by atoms with van der Waals surface area (Å²) in [4.78, 5) is 28.4. The molecule has 3 rings (SSSR count). The highest BCUT2D eigenvalue weighted by Gasteiger charge is 2.37. The number of rotatable bonds is 4. The van der Waals surface area contributed by atoms with Gasteiger partial charge in [0.05, 0.1) is 23.7 Å². The fourth-order valence-electron chi connectivity index (χ4n) is 2.70. The minimum atomic E-state index is -5.03. The maximum absolute atomic E-state index is 12.9. The molecule has 1 amide bonds. The van der Waals surface area contributed by atoms with Crippen molar-refractivity contribution in [3.8, 4) is 0 Å². The zero-order valence-electron chi connectivity index (χ0n) is 15.2. The highest BCUT2D eigenvalue weighted by Crippen LogP contribution is 2.37. The number of anilines is 1. The summed E-state index contributed by atoms with van der Waals surface area (Å²) >= 11 is 0. The van der Waals surface area contributed by atoms with Crippen LogP contribution in [-0.2, 0) is 30.7 Å². The lowest BCUT2D eigenvalue weighted by Gasteiger charge is -2.15. The molecule has 0 saturated heterocycles. The quantitative estimate of drug-likeness (QED) is 0.641. The van der Waals surface area contributed by atoms with Crippen LogP contribution in [-0.4, -0.2) is 25.2 Å². The molecular formula is C17H13F6N5O2. The molecule has 0 atom stereocenters. The van der Waals surface area contributed by atoms with E-state index in [1.165, 1.54) is 17.2 Å². The highest BCUT2D eigenvalue weighted by molar-refractivity contribution is 5.90. The number of amides is 1. The second-order valence-corrected chi connectivity index (χ2v) is 6.34. The molecule has 0 aliphatic heterocycles. The molecule has 2 heterocycles. The van der Waals surface area contributed by atoms with E-state index in [4.69, 9.17) is 0 Å². The number of aryl methyl sites for hydroxylation is 2. The zero-order chi connectivity index (χ0) is 22.3. The SMILES string of the molecule is Cn1ncc2c(=O)n(CCC(=O)Nc3cc(C(F)(F)F)cc(C(F)(F)F)c3)cnc21. The van der Waals surface area contributed by atoms with E-state index < -0.39 is 40.6 Å². The third kappa shape index (κ3) is 4.44. The number of benzene rings is 1. The van der Waals surface area contributed by atoms with Gasteiger partial charge in [0.25, 0.3) is 5.56 Å². The minimum Gasteiger partial charge on any atom is -0.326 e. The smallest absolute Gasteiger partial charge is 0.326 e. The molecule has 0 bridgehead atoms. The van der Waals surface area contributed by atoms with Crippen molar-refractivity contribution in [2.24, 2.45) is 7.05 Å². The van der Waals surface area contributed by atoms with Gasteiger partial charge >= 0.3 is 12.4 Å². The molecule has 1 N–H and O–H groups in total. The van der Waals surface area contributed by atoms with Gasteiger partial charge in [-0.15, -0.1) is 0 Å². The first kappa shape index (κ1) is 21.3. The van der Waals surface area contributed by atoms with Crippen molar-refractivity contribution < 1.29 is 31.1 Å².